The summed E-state index contributed by atoms with van der Waals surface area (Å²) < 4.78 is 5.43. The molecule has 0 N–H and O–H groups in total. The topological polar surface area (TPSA) is 44.5 Å². The van der Waals surface area contributed by atoms with Gasteiger partial charge in [-0.25, -0.2) is 0 Å². The summed E-state index contributed by atoms with van der Waals surface area (Å²) in [6, 6.07) is 9.93. The molecule has 0 amide bonds. The van der Waals surface area contributed by atoms with Crippen LogP contribution in [0.3, 0.4) is 0 Å². The zero-order chi connectivity index (χ0) is 12.3. The van der Waals surface area contributed by atoms with Crippen molar-refractivity contribution in [2.75, 3.05) is 6.61 Å². The Balaban J connectivity index is 2.24. The molecule has 4 nitrogen and oxygen atoms in total. The molecule has 0 radical (unpaired) electrons. The maximum absolute atomic E-state index is 11.4. The Bertz CT molecular complexity index is 391. The molecule has 0 bridgehead atoms. The number of hydrogen-bond acceptors (Lipinski definition) is 3. The Labute approximate surface area is 101 Å². The molecule has 0 spiro atoms. The normalized spacial score (nSPS) is 28.4. The second-order valence-electron chi connectivity index (χ2n) is 4.16. The van der Waals surface area contributed by atoms with Gasteiger partial charge in [0.1, 0.15) is 0 Å². The van der Waals surface area contributed by atoms with Crippen molar-refractivity contribution in [2.45, 2.75) is 26.1 Å². The van der Waals surface area contributed by atoms with Crippen LogP contribution in [0.2, 0.25) is 0 Å². The van der Waals surface area contributed by atoms with Crippen LogP contribution in [0.1, 0.15) is 25.3 Å². The Morgan fingerprint density at radius 3 is 2.71 bits per heavy atom. The second-order valence-corrected chi connectivity index (χ2v) is 4.16. The summed E-state index contributed by atoms with van der Waals surface area (Å²) in [6.45, 7) is 4.45. The number of benzene rings is 1. The van der Waals surface area contributed by atoms with E-state index in [9.17, 15) is 5.21 Å². The van der Waals surface area contributed by atoms with Crippen LogP contribution in [0.15, 0.2) is 30.3 Å². The van der Waals surface area contributed by atoms with E-state index >= 15 is 0 Å². The summed E-state index contributed by atoms with van der Waals surface area (Å²) in [5.41, 5.74) is 1.11. The van der Waals surface area contributed by atoms with Gasteiger partial charge in [0.15, 0.2) is 6.29 Å². The average Bonchev–Trinajstić information content (AvgIpc) is 2.35. The highest BCUT2D eigenvalue weighted by atomic mass is 16.9. The lowest BCUT2D eigenvalue weighted by molar-refractivity contribution is -0.771. The van der Waals surface area contributed by atoms with Gasteiger partial charge in [0.05, 0.1) is 5.92 Å². The van der Waals surface area contributed by atoms with Crippen molar-refractivity contribution in [2.24, 2.45) is 5.92 Å². The van der Waals surface area contributed by atoms with Crippen molar-refractivity contribution >= 4 is 6.21 Å². The third-order valence-corrected chi connectivity index (χ3v) is 3.00. The summed E-state index contributed by atoms with van der Waals surface area (Å²) in [5, 5.41) is 11.4. The maximum Gasteiger partial charge on any atom is 0.218 e. The van der Waals surface area contributed by atoms with Crippen molar-refractivity contribution in [1.82, 2.24) is 0 Å². The number of ether oxygens (including phenoxy) is 1. The quantitative estimate of drug-likeness (QED) is 0.755. The van der Waals surface area contributed by atoms with Crippen LogP contribution < -0.4 is 0 Å². The lowest BCUT2D eigenvalue weighted by Gasteiger charge is -2.32. The smallest absolute Gasteiger partial charge is 0.218 e. The third-order valence-electron chi connectivity index (χ3n) is 3.00. The molecular formula is C13H17NO3. The van der Waals surface area contributed by atoms with E-state index in [0.29, 0.717) is 11.5 Å². The molecule has 1 aromatic carbocycles. The summed E-state index contributed by atoms with van der Waals surface area (Å²) in [6.07, 6.45) is 1.07. The fraction of sp³-hybridized carbons (Fsp3) is 0.462. The van der Waals surface area contributed by atoms with Crippen molar-refractivity contribution < 1.29 is 14.5 Å². The number of nitrogens with zero attached hydrogens (tertiary/aromatic N) is 1. The summed E-state index contributed by atoms with van der Waals surface area (Å²) in [4.78, 5) is 5.60. The van der Waals surface area contributed by atoms with Gasteiger partial charge in [0.2, 0.25) is 6.21 Å². The van der Waals surface area contributed by atoms with E-state index in [4.69, 9.17) is 9.57 Å². The highest BCUT2D eigenvalue weighted by molar-refractivity contribution is 5.64. The minimum atomic E-state index is -0.479. The fourth-order valence-corrected chi connectivity index (χ4v) is 2.08. The molecule has 0 aliphatic carbocycles. The summed E-state index contributed by atoms with van der Waals surface area (Å²) in [5.74, 6) is 0.140. The van der Waals surface area contributed by atoms with Crippen LogP contribution in [0.5, 0.6) is 0 Å². The molecule has 0 saturated carbocycles. The molecule has 3 atom stereocenters. The molecule has 0 unspecified atom stereocenters. The number of hydrogen-bond donors (Lipinski definition) is 0. The van der Waals surface area contributed by atoms with E-state index in [1.807, 2.05) is 44.2 Å². The molecule has 17 heavy (non-hydrogen) atoms. The van der Waals surface area contributed by atoms with Crippen molar-refractivity contribution in [3.05, 3.63) is 41.1 Å². The molecule has 92 valence electrons. The number of rotatable bonds is 3. The van der Waals surface area contributed by atoms with Gasteiger partial charge in [-0.1, -0.05) is 37.3 Å². The van der Waals surface area contributed by atoms with Gasteiger partial charge < -0.3 is 9.57 Å². The largest absolute Gasteiger partial charge is 0.372 e. The zero-order valence-electron chi connectivity index (χ0n) is 10.1. The summed E-state index contributed by atoms with van der Waals surface area (Å²) in [7, 11) is 0. The van der Waals surface area contributed by atoms with Crippen LogP contribution >= 0.6 is 0 Å². The van der Waals surface area contributed by atoms with Gasteiger partial charge in [-0.2, -0.15) is 0 Å². The summed E-state index contributed by atoms with van der Waals surface area (Å²) >= 11 is 0. The van der Waals surface area contributed by atoms with E-state index < -0.39 is 6.29 Å². The molecule has 1 heterocycles. The van der Waals surface area contributed by atoms with E-state index in [-0.39, 0.29) is 11.8 Å². The minimum absolute atomic E-state index is 0.0269. The van der Waals surface area contributed by atoms with Crippen molar-refractivity contribution in [3.8, 4) is 0 Å². The average molecular weight is 235 g/mol. The van der Waals surface area contributed by atoms with Crippen molar-refractivity contribution in [1.29, 1.82) is 0 Å². The third kappa shape index (κ3) is 2.58. The van der Waals surface area contributed by atoms with Gasteiger partial charge in [0, 0.05) is 17.4 Å². The predicted octanol–water partition coefficient (Wildman–Crippen LogP) is 2.30. The first-order chi connectivity index (χ1) is 8.22. The first-order valence-electron chi connectivity index (χ1n) is 5.87. The van der Waals surface area contributed by atoms with Gasteiger partial charge in [0.25, 0.3) is 0 Å². The molecule has 1 aromatic rings. The van der Waals surface area contributed by atoms with E-state index in [1.165, 1.54) is 0 Å². The molecular weight excluding hydrogens is 218 g/mol. The fourth-order valence-electron chi connectivity index (χ4n) is 2.08. The lowest BCUT2D eigenvalue weighted by Crippen LogP contribution is -2.38. The molecule has 0 saturated heterocycles. The first-order valence-corrected chi connectivity index (χ1v) is 5.87. The second kappa shape index (κ2) is 5.19. The Hall–Kier alpha value is -1.55. The highest BCUT2D eigenvalue weighted by Gasteiger charge is 2.33. The monoisotopic (exact) mass is 235 g/mol. The van der Waals surface area contributed by atoms with E-state index in [0.717, 1.165) is 5.56 Å². The van der Waals surface area contributed by atoms with Crippen LogP contribution in [0.4, 0.5) is 0 Å². The van der Waals surface area contributed by atoms with E-state index in [2.05, 4.69) is 0 Å². The highest BCUT2D eigenvalue weighted by Crippen LogP contribution is 2.30. The first kappa shape index (κ1) is 11.9. The molecule has 1 aliphatic rings. The zero-order valence-corrected chi connectivity index (χ0v) is 10.1. The SMILES string of the molecule is CCO[C@@H]1O[N+]([O-])=C[C@@H](c2ccccc2)[C@@H]1C. The van der Waals surface area contributed by atoms with Gasteiger partial charge in [-0.05, 0) is 12.5 Å². The predicted molar refractivity (Wildman–Crippen MR) is 64.5 cm³/mol. The standard InChI is InChI=1S/C13H17NO3/c1-3-16-13-10(2)12(9-14(15)17-13)11-7-5-4-6-8-11/h4-10,12-13H,3H2,1-2H3/t10-,12+,13+/m0/s1. The lowest BCUT2D eigenvalue weighted by atomic mass is 9.87. The van der Waals surface area contributed by atoms with Crippen LogP contribution in [0.25, 0.3) is 0 Å². The van der Waals surface area contributed by atoms with E-state index in [1.54, 1.807) is 6.21 Å². The Morgan fingerprint density at radius 2 is 2.06 bits per heavy atom. The molecule has 2 rings (SSSR count). The molecule has 1 aliphatic heterocycles. The van der Waals surface area contributed by atoms with Crippen LogP contribution in [0, 0.1) is 11.1 Å². The Kier molecular flexibility index (Phi) is 3.64. The van der Waals surface area contributed by atoms with Crippen LogP contribution in [-0.4, -0.2) is 24.0 Å². The van der Waals surface area contributed by atoms with Crippen LogP contribution in [-0.2, 0) is 9.57 Å². The molecule has 0 fully saturated rings. The molecule has 0 aromatic heterocycles. The molecule has 4 heteroatoms. The van der Waals surface area contributed by atoms with Gasteiger partial charge in [-0.3, -0.25) is 5.21 Å². The van der Waals surface area contributed by atoms with Crippen molar-refractivity contribution in [3.63, 3.8) is 0 Å². The minimum Gasteiger partial charge on any atom is -0.372 e. The van der Waals surface area contributed by atoms with Gasteiger partial charge in [-0.15, -0.1) is 0 Å². The Morgan fingerprint density at radius 1 is 1.35 bits per heavy atom. The maximum atomic E-state index is 11.4. The van der Waals surface area contributed by atoms with Gasteiger partial charge >= 0.3 is 0 Å².